The molecule has 0 heterocycles. The monoisotopic (exact) mass is 332 g/mol. The van der Waals surface area contributed by atoms with Gasteiger partial charge in [-0.05, 0) is 48.1 Å². The number of hydrogen-bond acceptors (Lipinski definition) is 3. The Balaban J connectivity index is 2.28. The predicted octanol–water partition coefficient (Wildman–Crippen LogP) is 5.05. The Bertz CT molecular complexity index is 647. The lowest BCUT2D eigenvalue weighted by molar-refractivity contribution is -0.00817. The largest absolute Gasteiger partial charge is 0.504 e. The zero-order valence-electron chi connectivity index (χ0n) is 15.9. The van der Waals surface area contributed by atoms with Crippen LogP contribution in [-0.4, -0.2) is 17.3 Å². The molecule has 3 heteroatoms. The third-order valence-corrected chi connectivity index (χ3v) is 6.76. The van der Waals surface area contributed by atoms with Gasteiger partial charge in [-0.15, -0.1) is 0 Å². The predicted molar refractivity (Wildman–Crippen MR) is 96.8 cm³/mol. The fraction of sp³-hybridized carbons (Fsp3) is 0.714. The summed E-state index contributed by atoms with van der Waals surface area (Å²) in [6.45, 7) is 11.1. The van der Waals surface area contributed by atoms with Gasteiger partial charge in [0.25, 0.3) is 0 Å². The summed E-state index contributed by atoms with van der Waals surface area (Å²) < 4.78 is 5.58. The molecule has 1 aromatic carbocycles. The Kier molecular flexibility index (Phi) is 4.15. The molecule has 3 atom stereocenters. The highest BCUT2D eigenvalue weighted by Gasteiger charge is 2.53. The molecule has 2 N–H and O–H groups in total. The van der Waals surface area contributed by atoms with Crippen molar-refractivity contribution >= 4 is 0 Å². The van der Waals surface area contributed by atoms with E-state index >= 15 is 0 Å². The maximum Gasteiger partial charge on any atom is 0.164 e. The van der Waals surface area contributed by atoms with Gasteiger partial charge in [-0.1, -0.05) is 41.0 Å². The van der Waals surface area contributed by atoms with Crippen LogP contribution in [0.25, 0.3) is 0 Å². The Morgan fingerprint density at radius 1 is 1.21 bits per heavy atom. The van der Waals surface area contributed by atoms with Crippen molar-refractivity contribution in [3.8, 4) is 11.5 Å². The van der Waals surface area contributed by atoms with Crippen molar-refractivity contribution in [3.63, 3.8) is 0 Å². The van der Waals surface area contributed by atoms with Crippen molar-refractivity contribution in [2.75, 3.05) is 7.11 Å². The van der Waals surface area contributed by atoms with Crippen LogP contribution < -0.4 is 4.74 Å². The van der Waals surface area contributed by atoms with Gasteiger partial charge in [0.05, 0.1) is 13.2 Å². The van der Waals surface area contributed by atoms with Crippen LogP contribution in [-0.2, 0) is 5.41 Å². The highest BCUT2D eigenvalue weighted by atomic mass is 16.5. The number of ether oxygens (including phenoxy) is 1. The SMILES string of the molecule is COc1c(C(C)C)cc2c(c1O)C1(C)CCCC(C)(C)C1CC2O. The normalized spacial score (nSPS) is 31.5. The molecule has 3 rings (SSSR count). The van der Waals surface area contributed by atoms with Crippen LogP contribution in [0.15, 0.2) is 6.07 Å². The lowest BCUT2D eigenvalue weighted by atomic mass is 9.49. The Hall–Kier alpha value is -1.22. The van der Waals surface area contributed by atoms with E-state index in [0.29, 0.717) is 11.7 Å². The summed E-state index contributed by atoms with van der Waals surface area (Å²) in [6.07, 6.45) is 3.66. The maximum absolute atomic E-state index is 11.1. The number of aliphatic hydroxyl groups is 1. The summed E-state index contributed by atoms with van der Waals surface area (Å²) in [5, 5.41) is 22.0. The number of phenolic OH excluding ortho intramolecular Hbond substituents is 1. The number of phenols is 1. The van der Waals surface area contributed by atoms with E-state index in [0.717, 1.165) is 36.0 Å². The third kappa shape index (κ3) is 2.35. The fourth-order valence-corrected chi connectivity index (χ4v) is 5.55. The fourth-order valence-electron chi connectivity index (χ4n) is 5.55. The molecule has 0 bridgehead atoms. The van der Waals surface area contributed by atoms with Crippen LogP contribution in [0, 0.1) is 11.3 Å². The molecular weight excluding hydrogens is 300 g/mol. The molecule has 2 aliphatic rings. The second kappa shape index (κ2) is 5.66. The number of aromatic hydroxyl groups is 1. The van der Waals surface area contributed by atoms with Gasteiger partial charge in [0.15, 0.2) is 11.5 Å². The van der Waals surface area contributed by atoms with Crippen LogP contribution in [0.5, 0.6) is 11.5 Å². The Labute approximate surface area is 146 Å². The highest BCUT2D eigenvalue weighted by Crippen LogP contribution is 2.62. The van der Waals surface area contributed by atoms with Crippen molar-refractivity contribution in [2.45, 2.75) is 77.7 Å². The summed E-state index contributed by atoms with van der Waals surface area (Å²) in [7, 11) is 1.62. The number of hydrogen-bond donors (Lipinski definition) is 2. The van der Waals surface area contributed by atoms with E-state index in [9.17, 15) is 10.2 Å². The van der Waals surface area contributed by atoms with E-state index in [4.69, 9.17) is 4.74 Å². The molecule has 0 aromatic heterocycles. The molecule has 1 fully saturated rings. The van der Waals surface area contributed by atoms with E-state index in [1.54, 1.807) is 7.11 Å². The standard InChI is InChI=1S/C21H32O3/c1-12(2)13-10-14-15(22)11-16-20(3,4)8-7-9-21(16,5)17(14)18(23)19(13)24-6/h10,12,15-16,22-23H,7-9,11H2,1-6H3. The molecule has 1 saturated carbocycles. The van der Waals surface area contributed by atoms with Gasteiger partial charge in [0.2, 0.25) is 0 Å². The molecule has 0 aliphatic heterocycles. The van der Waals surface area contributed by atoms with E-state index in [2.05, 4.69) is 40.7 Å². The average Bonchev–Trinajstić information content (AvgIpc) is 2.48. The van der Waals surface area contributed by atoms with Gasteiger partial charge in [-0.2, -0.15) is 0 Å². The lowest BCUT2D eigenvalue weighted by Crippen LogP contribution is -2.48. The minimum absolute atomic E-state index is 0.108. The third-order valence-electron chi connectivity index (χ3n) is 6.76. The van der Waals surface area contributed by atoms with Gasteiger partial charge in [0, 0.05) is 16.5 Å². The number of fused-ring (bicyclic) bond motifs is 3. The van der Waals surface area contributed by atoms with E-state index in [1.165, 1.54) is 6.42 Å². The van der Waals surface area contributed by atoms with Crippen molar-refractivity contribution in [1.29, 1.82) is 0 Å². The molecule has 0 saturated heterocycles. The molecule has 0 radical (unpaired) electrons. The van der Waals surface area contributed by atoms with Crippen LogP contribution in [0.1, 0.15) is 89.0 Å². The molecule has 1 aromatic rings. The summed E-state index contributed by atoms with van der Waals surface area (Å²) in [6, 6.07) is 2.08. The van der Waals surface area contributed by atoms with Gasteiger partial charge >= 0.3 is 0 Å². The van der Waals surface area contributed by atoms with Gasteiger partial charge in [-0.3, -0.25) is 0 Å². The first-order valence-electron chi connectivity index (χ1n) is 9.25. The van der Waals surface area contributed by atoms with Crippen LogP contribution in [0.3, 0.4) is 0 Å². The lowest BCUT2D eigenvalue weighted by Gasteiger charge is -2.55. The Morgan fingerprint density at radius 3 is 2.46 bits per heavy atom. The first-order valence-corrected chi connectivity index (χ1v) is 9.25. The molecule has 24 heavy (non-hydrogen) atoms. The molecule has 2 aliphatic carbocycles. The molecule has 134 valence electrons. The summed E-state index contributed by atoms with van der Waals surface area (Å²) in [5.41, 5.74) is 2.88. The van der Waals surface area contributed by atoms with Crippen molar-refractivity contribution in [3.05, 3.63) is 22.8 Å². The molecule has 0 spiro atoms. The smallest absolute Gasteiger partial charge is 0.164 e. The second-order valence-corrected chi connectivity index (χ2v) is 9.03. The molecular formula is C21H32O3. The quantitative estimate of drug-likeness (QED) is 0.797. The van der Waals surface area contributed by atoms with Crippen molar-refractivity contribution in [1.82, 2.24) is 0 Å². The van der Waals surface area contributed by atoms with Gasteiger partial charge in [0.1, 0.15) is 0 Å². The van der Waals surface area contributed by atoms with Gasteiger partial charge in [-0.25, -0.2) is 0 Å². The molecule has 0 amide bonds. The number of benzene rings is 1. The van der Waals surface area contributed by atoms with Gasteiger partial charge < -0.3 is 14.9 Å². The zero-order chi connectivity index (χ0) is 17.9. The number of aliphatic hydroxyl groups excluding tert-OH is 1. The van der Waals surface area contributed by atoms with Crippen LogP contribution in [0.2, 0.25) is 0 Å². The zero-order valence-corrected chi connectivity index (χ0v) is 15.9. The second-order valence-electron chi connectivity index (χ2n) is 9.03. The Morgan fingerprint density at radius 2 is 1.88 bits per heavy atom. The summed E-state index contributed by atoms with van der Waals surface area (Å²) in [5.74, 6) is 1.43. The van der Waals surface area contributed by atoms with Crippen molar-refractivity contribution < 1.29 is 14.9 Å². The summed E-state index contributed by atoms with van der Waals surface area (Å²) in [4.78, 5) is 0. The molecule has 3 unspecified atom stereocenters. The number of rotatable bonds is 2. The van der Waals surface area contributed by atoms with Crippen LogP contribution >= 0.6 is 0 Å². The first-order chi connectivity index (χ1) is 11.1. The minimum Gasteiger partial charge on any atom is -0.504 e. The average molecular weight is 332 g/mol. The van der Waals surface area contributed by atoms with Crippen LogP contribution in [0.4, 0.5) is 0 Å². The topological polar surface area (TPSA) is 49.7 Å². The van der Waals surface area contributed by atoms with Crippen molar-refractivity contribution in [2.24, 2.45) is 11.3 Å². The van der Waals surface area contributed by atoms with E-state index in [-0.39, 0.29) is 22.5 Å². The minimum atomic E-state index is -0.509. The number of methoxy groups -OCH3 is 1. The summed E-state index contributed by atoms with van der Waals surface area (Å²) >= 11 is 0. The first kappa shape index (κ1) is 17.6. The van der Waals surface area contributed by atoms with E-state index < -0.39 is 6.10 Å². The maximum atomic E-state index is 11.1. The molecule has 3 nitrogen and oxygen atoms in total. The highest BCUT2D eigenvalue weighted by molar-refractivity contribution is 5.60. The van der Waals surface area contributed by atoms with E-state index in [1.807, 2.05) is 0 Å².